The van der Waals surface area contributed by atoms with Gasteiger partial charge in [0.25, 0.3) is 5.91 Å². The maximum Gasteiger partial charge on any atom is 0.251 e. The van der Waals surface area contributed by atoms with E-state index in [-0.39, 0.29) is 5.91 Å². The van der Waals surface area contributed by atoms with Gasteiger partial charge in [-0.1, -0.05) is 12.1 Å². The second-order valence-electron chi connectivity index (χ2n) is 4.56. The molecule has 0 unspecified atom stereocenters. The number of hydrogen-bond donors (Lipinski definition) is 1. The first kappa shape index (κ1) is 15.7. The van der Waals surface area contributed by atoms with Crippen molar-refractivity contribution in [2.24, 2.45) is 0 Å². The SMILES string of the molecule is COc1ccc(C(=O)NCc2cccc(OC)c2OC)cc1. The molecule has 2 rings (SSSR count). The summed E-state index contributed by atoms with van der Waals surface area (Å²) >= 11 is 0. The van der Waals surface area contributed by atoms with Crippen LogP contribution in [-0.2, 0) is 6.54 Å². The molecule has 0 aliphatic rings. The largest absolute Gasteiger partial charge is 0.497 e. The Morgan fingerprint density at radius 2 is 1.68 bits per heavy atom. The number of ether oxygens (including phenoxy) is 3. The highest BCUT2D eigenvalue weighted by Gasteiger charge is 2.11. The Morgan fingerprint density at radius 3 is 2.27 bits per heavy atom. The van der Waals surface area contributed by atoms with Gasteiger partial charge in [-0.05, 0) is 30.3 Å². The van der Waals surface area contributed by atoms with E-state index in [2.05, 4.69) is 5.32 Å². The first-order chi connectivity index (χ1) is 10.7. The predicted octanol–water partition coefficient (Wildman–Crippen LogP) is 2.64. The van der Waals surface area contributed by atoms with Crippen molar-refractivity contribution in [2.45, 2.75) is 6.54 Å². The van der Waals surface area contributed by atoms with E-state index >= 15 is 0 Å². The lowest BCUT2D eigenvalue weighted by atomic mass is 10.1. The van der Waals surface area contributed by atoms with E-state index in [4.69, 9.17) is 14.2 Å². The van der Waals surface area contributed by atoms with Crippen molar-refractivity contribution in [1.82, 2.24) is 5.32 Å². The van der Waals surface area contributed by atoms with Gasteiger partial charge in [0.05, 0.1) is 21.3 Å². The maximum absolute atomic E-state index is 12.1. The van der Waals surface area contributed by atoms with Crippen LogP contribution in [0.3, 0.4) is 0 Å². The van der Waals surface area contributed by atoms with Crippen molar-refractivity contribution in [1.29, 1.82) is 0 Å². The summed E-state index contributed by atoms with van der Waals surface area (Å²) in [6.07, 6.45) is 0. The molecule has 0 spiro atoms. The molecule has 22 heavy (non-hydrogen) atoms. The molecule has 0 heterocycles. The smallest absolute Gasteiger partial charge is 0.251 e. The van der Waals surface area contributed by atoms with E-state index in [9.17, 15) is 4.79 Å². The van der Waals surface area contributed by atoms with Crippen molar-refractivity contribution in [3.63, 3.8) is 0 Å². The van der Waals surface area contributed by atoms with Gasteiger partial charge in [0.1, 0.15) is 5.75 Å². The second-order valence-corrected chi connectivity index (χ2v) is 4.56. The minimum Gasteiger partial charge on any atom is -0.497 e. The number of carbonyl (C=O) groups is 1. The van der Waals surface area contributed by atoms with E-state index in [0.29, 0.717) is 29.4 Å². The van der Waals surface area contributed by atoms with Crippen LogP contribution in [0.4, 0.5) is 0 Å². The fraction of sp³-hybridized carbons (Fsp3) is 0.235. The summed E-state index contributed by atoms with van der Waals surface area (Å²) < 4.78 is 15.7. The van der Waals surface area contributed by atoms with Gasteiger partial charge in [-0.25, -0.2) is 0 Å². The van der Waals surface area contributed by atoms with E-state index in [1.54, 1.807) is 45.6 Å². The van der Waals surface area contributed by atoms with Gasteiger partial charge in [0, 0.05) is 17.7 Å². The normalized spacial score (nSPS) is 9.95. The number of hydrogen-bond acceptors (Lipinski definition) is 4. The summed E-state index contributed by atoms with van der Waals surface area (Å²) in [7, 11) is 4.74. The molecule has 0 aliphatic heterocycles. The molecule has 2 aromatic carbocycles. The molecule has 0 fully saturated rings. The number of rotatable bonds is 6. The monoisotopic (exact) mass is 301 g/mol. The maximum atomic E-state index is 12.1. The van der Waals surface area contributed by atoms with Gasteiger partial charge < -0.3 is 19.5 Å². The highest BCUT2D eigenvalue weighted by Crippen LogP contribution is 2.30. The average Bonchev–Trinajstić information content (AvgIpc) is 2.59. The van der Waals surface area contributed by atoms with E-state index in [0.717, 1.165) is 5.56 Å². The summed E-state index contributed by atoms with van der Waals surface area (Å²) in [5, 5.41) is 2.86. The number of carbonyl (C=O) groups excluding carboxylic acids is 1. The number of amides is 1. The molecule has 0 bridgehead atoms. The predicted molar refractivity (Wildman–Crippen MR) is 83.7 cm³/mol. The first-order valence-electron chi connectivity index (χ1n) is 6.81. The van der Waals surface area contributed by atoms with E-state index in [1.807, 2.05) is 18.2 Å². The van der Waals surface area contributed by atoms with Crippen LogP contribution in [0.25, 0.3) is 0 Å². The van der Waals surface area contributed by atoms with Gasteiger partial charge >= 0.3 is 0 Å². The van der Waals surface area contributed by atoms with Gasteiger partial charge in [0.2, 0.25) is 0 Å². The van der Waals surface area contributed by atoms with Crippen LogP contribution in [0.2, 0.25) is 0 Å². The van der Waals surface area contributed by atoms with Crippen LogP contribution in [0, 0.1) is 0 Å². The van der Waals surface area contributed by atoms with Gasteiger partial charge in [-0.3, -0.25) is 4.79 Å². The zero-order valence-electron chi connectivity index (χ0n) is 12.9. The van der Waals surface area contributed by atoms with Crippen LogP contribution >= 0.6 is 0 Å². The minimum atomic E-state index is -0.160. The molecule has 0 saturated heterocycles. The lowest BCUT2D eigenvalue weighted by Crippen LogP contribution is -2.23. The van der Waals surface area contributed by atoms with Crippen LogP contribution in [0.15, 0.2) is 42.5 Å². The molecule has 0 saturated carbocycles. The summed E-state index contributed by atoms with van der Waals surface area (Å²) in [5.41, 5.74) is 1.42. The number of benzene rings is 2. The van der Waals surface area contributed by atoms with Crippen molar-refractivity contribution in [3.8, 4) is 17.2 Å². The Morgan fingerprint density at radius 1 is 0.955 bits per heavy atom. The molecular formula is C17H19NO4. The molecule has 2 aromatic rings. The molecule has 1 N–H and O–H groups in total. The molecule has 0 radical (unpaired) electrons. The van der Waals surface area contributed by atoms with Gasteiger partial charge in [0.15, 0.2) is 11.5 Å². The molecule has 1 amide bonds. The molecule has 0 atom stereocenters. The molecule has 5 nitrogen and oxygen atoms in total. The fourth-order valence-electron chi connectivity index (χ4n) is 2.11. The summed E-state index contributed by atoms with van der Waals surface area (Å²) in [6.45, 7) is 0.352. The summed E-state index contributed by atoms with van der Waals surface area (Å²) in [5.74, 6) is 1.82. The standard InChI is InChI=1S/C17H19NO4/c1-20-14-9-7-12(8-10-14)17(19)18-11-13-5-4-6-15(21-2)16(13)22-3/h4-10H,11H2,1-3H3,(H,18,19). The third-order valence-electron chi connectivity index (χ3n) is 3.28. The van der Waals surface area contributed by atoms with Gasteiger partial charge in [-0.2, -0.15) is 0 Å². The van der Waals surface area contributed by atoms with Crippen molar-refractivity contribution < 1.29 is 19.0 Å². The Labute approximate surface area is 129 Å². The average molecular weight is 301 g/mol. The third kappa shape index (κ3) is 3.49. The third-order valence-corrected chi connectivity index (χ3v) is 3.28. The minimum absolute atomic E-state index is 0.160. The molecular weight excluding hydrogens is 282 g/mol. The van der Waals surface area contributed by atoms with Crippen LogP contribution < -0.4 is 19.5 Å². The van der Waals surface area contributed by atoms with Crippen molar-refractivity contribution in [2.75, 3.05) is 21.3 Å². The summed E-state index contributed by atoms with van der Waals surface area (Å²) in [6, 6.07) is 12.5. The van der Waals surface area contributed by atoms with Crippen LogP contribution in [0.1, 0.15) is 15.9 Å². The zero-order valence-corrected chi connectivity index (χ0v) is 12.9. The Kier molecular flexibility index (Phi) is 5.25. The molecule has 0 aromatic heterocycles. The number of para-hydroxylation sites is 1. The lowest BCUT2D eigenvalue weighted by Gasteiger charge is -2.13. The Hall–Kier alpha value is -2.69. The summed E-state index contributed by atoms with van der Waals surface area (Å²) in [4.78, 5) is 12.1. The Balaban J connectivity index is 2.07. The molecule has 0 aliphatic carbocycles. The topological polar surface area (TPSA) is 56.8 Å². The Bertz CT molecular complexity index is 638. The van der Waals surface area contributed by atoms with E-state index < -0.39 is 0 Å². The first-order valence-corrected chi connectivity index (χ1v) is 6.81. The number of nitrogens with one attached hydrogen (secondary N) is 1. The fourth-order valence-corrected chi connectivity index (χ4v) is 2.11. The van der Waals surface area contributed by atoms with E-state index in [1.165, 1.54) is 0 Å². The second kappa shape index (κ2) is 7.36. The molecule has 5 heteroatoms. The zero-order chi connectivity index (χ0) is 15.9. The van der Waals surface area contributed by atoms with Gasteiger partial charge in [-0.15, -0.1) is 0 Å². The quantitative estimate of drug-likeness (QED) is 0.891. The lowest BCUT2D eigenvalue weighted by molar-refractivity contribution is 0.0950. The highest BCUT2D eigenvalue weighted by molar-refractivity contribution is 5.94. The number of methoxy groups -OCH3 is 3. The van der Waals surface area contributed by atoms with Crippen molar-refractivity contribution in [3.05, 3.63) is 53.6 Å². The van der Waals surface area contributed by atoms with Crippen LogP contribution in [0.5, 0.6) is 17.2 Å². The highest BCUT2D eigenvalue weighted by atomic mass is 16.5. The van der Waals surface area contributed by atoms with Crippen LogP contribution in [-0.4, -0.2) is 27.2 Å². The molecule has 116 valence electrons. The van der Waals surface area contributed by atoms with Crippen molar-refractivity contribution >= 4 is 5.91 Å².